The number of carbonyl (C=O) groups is 1. The first-order chi connectivity index (χ1) is 10.9. The van der Waals surface area contributed by atoms with Gasteiger partial charge < -0.3 is 15.0 Å². The van der Waals surface area contributed by atoms with Crippen molar-refractivity contribution in [3.05, 3.63) is 12.3 Å². The topological polar surface area (TPSA) is 67.4 Å². The van der Waals surface area contributed by atoms with E-state index >= 15 is 0 Å². The van der Waals surface area contributed by atoms with Crippen molar-refractivity contribution in [1.82, 2.24) is 14.9 Å². The molecule has 1 aromatic heterocycles. The van der Waals surface area contributed by atoms with Crippen LogP contribution in [0, 0.1) is 5.92 Å². The van der Waals surface area contributed by atoms with E-state index < -0.39 is 5.60 Å². The number of ether oxygens (including phenoxy) is 1. The summed E-state index contributed by atoms with van der Waals surface area (Å²) in [6.45, 7) is 7.98. The molecule has 1 N–H and O–H groups in total. The minimum absolute atomic E-state index is 0.214. The minimum atomic E-state index is -0.447. The van der Waals surface area contributed by atoms with Crippen molar-refractivity contribution in [1.29, 1.82) is 0 Å². The molecule has 0 aromatic carbocycles. The summed E-state index contributed by atoms with van der Waals surface area (Å²) < 4.78 is 5.46. The van der Waals surface area contributed by atoms with Gasteiger partial charge >= 0.3 is 6.09 Å². The van der Waals surface area contributed by atoms with Crippen molar-refractivity contribution in [2.75, 3.05) is 31.2 Å². The van der Waals surface area contributed by atoms with Gasteiger partial charge in [0.2, 0.25) is 0 Å². The van der Waals surface area contributed by atoms with Gasteiger partial charge in [-0.1, -0.05) is 11.8 Å². The summed E-state index contributed by atoms with van der Waals surface area (Å²) in [6.07, 6.45) is 5.61. The second-order valence-corrected chi connectivity index (χ2v) is 7.52. The van der Waals surface area contributed by atoms with Crippen molar-refractivity contribution in [3.63, 3.8) is 0 Å². The fraction of sp³-hybridized carbons (Fsp3) is 0.688. The highest BCUT2D eigenvalue weighted by Gasteiger charge is 2.27. The molecule has 0 radical (unpaired) electrons. The number of amides is 1. The van der Waals surface area contributed by atoms with E-state index in [4.69, 9.17) is 4.74 Å². The molecule has 0 bridgehead atoms. The van der Waals surface area contributed by atoms with Crippen LogP contribution in [-0.4, -0.2) is 52.5 Å². The zero-order valence-corrected chi connectivity index (χ0v) is 15.2. The lowest BCUT2D eigenvalue weighted by molar-refractivity contribution is 0.0172. The number of nitrogens with one attached hydrogen (secondary N) is 1. The first-order valence-corrected chi connectivity index (χ1v) is 9.18. The molecule has 2 heterocycles. The number of piperidine rings is 1. The van der Waals surface area contributed by atoms with E-state index in [-0.39, 0.29) is 6.09 Å². The third-order valence-corrected chi connectivity index (χ3v) is 4.12. The molecule has 1 atom stereocenters. The van der Waals surface area contributed by atoms with Gasteiger partial charge in [-0.15, -0.1) is 0 Å². The van der Waals surface area contributed by atoms with Crippen molar-refractivity contribution in [3.8, 4) is 0 Å². The maximum atomic E-state index is 12.2. The predicted molar refractivity (Wildman–Crippen MR) is 92.8 cm³/mol. The number of hydrogen-bond donors (Lipinski definition) is 1. The van der Waals surface area contributed by atoms with Crippen molar-refractivity contribution in [2.24, 2.45) is 5.92 Å². The third-order valence-electron chi connectivity index (χ3n) is 3.56. The Balaban J connectivity index is 1.85. The van der Waals surface area contributed by atoms with Crippen LogP contribution in [0.25, 0.3) is 0 Å². The van der Waals surface area contributed by atoms with Crippen LogP contribution in [-0.2, 0) is 4.74 Å². The van der Waals surface area contributed by atoms with Crippen molar-refractivity contribution >= 4 is 23.7 Å². The predicted octanol–water partition coefficient (Wildman–Crippen LogP) is 3.26. The number of likely N-dealkylation sites (tertiary alicyclic amines) is 1. The lowest BCUT2D eigenvalue weighted by Gasteiger charge is -2.34. The normalized spacial score (nSPS) is 18.6. The molecule has 1 amide bonds. The van der Waals surface area contributed by atoms with Crippen LogP contribution in [0.4, 0.5) is 10.6 Å². The molecular formula is C16H26N4O2S. The van der Waals surface area contributed by atoms with Gasteiger partial charge in [0.1, 0.15) is 11.4 Å². The van der Waals surface area contributed by atoms with Crippen LogP contribution in [0.1, 0.15) is 33.6 Å². The van der Waals surface area contributed by atoms with Gasteiger partial charge in [-0.2, -0.15) is 0 Å². The van der Waals surface area contributed by atoms with E-state index in [1.54, 1.807) is 6.20 Å². The zero-order chi connectivity index (χ0) is 16.9. The van der Waals surface area contributed by atoms with Gasteiger partial charge in [0.05, 0.1) is 0 Å². The fourth-order valence-electron chi connectivity index (χ4n) is 2.51. The molecule has 1 aromatic rings. The largest absolute Gasteiger partial charge is 0.444 e. The monoisotopic (exact) mass is 338 g/mol. The maximum Gasteiger partial charge on any atom is 0.410 e. The molecule has 2 rings (SSSR count). The van der Waals surface area contributed by atoms with Crippen molar-refractivity contribution < 1.29 is 9.53 Å². The number of rotatable bonds is 4. The van der Waals surface area contributed by atoms with Crippen LogP contribution in [0.3, 0.4) is 0 Å². The minimum Gasteiger partial charge on any atom is -0.444 e. The molecule has 0 aliphatic carbocycles. The molecule has 6 nitrogen and oxygen atoms in total. The molecule has 0 saturated carbocycles. The van der Waals surface area contributed by atoms with Gasteiger partial charge in [-0.3, -0.25) is 0 Å². The van der Waals surface area contributed by atoms with E-state index in [0.717, 1.165) is 43.5 Å². The average Bonchev–Trinajstić information content (AvgIpc) is 2.52. The smallest absolute Gasteiger partial charge is 0.410 e. The first kappa shape index (κ1) is 17.8. The Hall–Kier alpha value is -1.50. The second-order valence-electron chi connectivity index (χ2n) is 6.74. The maximum absolute atomic E-state index is 12.2. The summed E-state index contributed by atoms with van der Waals surface area (Å²) in [5.74, 6) is 1.24. The quantitative estimate of drug-likeness (QED) is 0.671. The Kier molecular flexibility index (Phi) is 6.10. The molecule has 1 saturated heterocycles. The zero-order valence-electron chi connectivity index (χ0n) is 14.3. The summed E-state index contributed by atoms with van der Waals surface area (Å²) in [6, 6.07) is 1.87. The highest BCUT2D eigenvalue weighted by atomic mass is 32.2. The van der Waals surface area contributed by atoms with Gasteiger partial charge in [0.25, 0.3) is 0 Å². The van der Waals surface area contributed by atoms with Gasteiger partial charge in [-0.25, -0.2) is 14.8 Å². The number of thioether (sulfide) groups is 1. The van der Waals surface area contributed by atoms with E-state index in [2.05, 4.69) is 15.3 Å². The molecule has 23 heavy (non-hydrogen) atoms. The number of hydrogen-bond acceptors (Lipinski definition) is 6. The summed E-state index contributed by atoms with van der Waals surface area (Å²) in [5.41, 5.74) is -0.447. The molecule has 1 aliphatic heterocycles. The SMILES string of the molecule is CSc1nccc(NCC2CCCN(C(=O)OC(C)(C)C)C2)n1. The third kappa shape index (κ3) is 5.89. The molecule has 0 spiro atoms. The van der Waals surface area contributed by atoms with Gasteiger partial charge in [0, 0.05) is 25.8 Å². The Morgan fingerprint density at radius 3 is 3.00 bits per heavy atom. The Labute approximate surface area is 142 Å². The van der Waals surface area contributed by atoms with Crippen LogP contribution in [0.5, 0.6) is 0 Å². The molecule has 1 aliphatic rings. The molecule has 1 fully saturated rings. The van der Waals surface area contributed by atoms with E-state index in [1.807, 2.05) is 38.0 Å². The molecular weight excluding hydrogens is 312 g/mol. The highest BCUT2D eigenvalue weighted by molar-refractivity contribution is 7.98. The van der Waals surface area contributed by atoms with Crippen LogP contribution in [0.15, 0.2) is 17.4 Å². The molecule has 7 heteroatoms. The van der Waals surface area contributed by atoms with Crippen LogP contribution < -0.4 is 5.32 Å². The van der Waals surface area contributed by atoms with Crippen molar-refractivity contribution in [2.45, 2.75) is 44.4 Å². The van der Waals surface area contributed by atoms with Crippen LogP contribution in [0.2, 0.25) is 0 Å². The van der Waals surface area contributed by atoms with E-state index in [1.165, 1.54) is 11.8 Å². The lowest BCUT2D eigenvalue weighted by atomic mass is 9.98. The van der Waals surface area contributed by atoms with E-state index in [0.29, 0.717) is 5.92 Å². The second kappa shape index (κ2) is 7.86. The average molecular weight is 338 g/mol. The lowest BCUT2D eigenvalue weighted by Crippen LogP contribution is -2.44. The Bertz CT molecular complexity index is 533. The Morgan fingerprint density at radius 1 is 1.52 bits per heavy atom. The molecule has 1 unspecified atom stereocenters. The standard InChI is InChI=1S/C16H26N4O2S/c1-16(2,3)22-15(21)20-9-5-6-12(11-20)10-18-13-7-8-17-14(19-13)23-4/h7-8,12H,5-6,9-11H2,1-4H3,(H,17,18,19). The number of carbonyl (C=O) groups excluding carboxylic acids is 1. The first-order valence-electron chi connectivity index (χ1n) is 7.96. The van der Waals surface area contributed by atoms with E-state index in [9.17, 15) is 4.79 Å². The fourth-order valence-corrected chi connectivity index (χ4v) is 2.87. The van der Waals surface area contributed by atoms with Gasteiger partial charge in [0.15, 0.2) is 5.16 Å². The Morgan fingerprint density at radius 2 is 2.30 bits per heavy atom. The summed E-state index contributed by atoms with van der Waals surface area (Å²) >= 11 is 1.52. The van der Waals surface area contributed by atoms with Gasteiger partial charge in [-0.05, 0) is 51.9 Å². The summed E-state index contributed by atoms with van der Waals surface area (Å²) in [7, 11) is 0. The highest BCUT2D eigenvalue weighted by Crippen LogP contribution is 2.20. The summed E-state index contributed by atoms with van der Waals surface area (Å²) in [4.78, 5) is 22.6. The number of anilines is 1. The number of aromatic nitrogens is 2. The number of nitrogens with zero attached hydrogens (tertiary/aromatic N) is 3. The summed E-state index contributed by atoms with van der Waals surface area (Å²) in [5, 5.41) is 4.11. The van der Waals surface area contributed by atoms with Crippen LogP contribution >= 0.6 is 11.8 Å². The molecule has 128 valence electrons.